The summed E-state index contributed by atoms with van der Waals surface area (Å²) >= 11 is 0. The number of aryl methyl sites for hydroxylation is 1. The zero-order chi connectivity index (χ0) is 15.6. The van der Waals surface area contributed by atoms with E-state index in [0.29, 0.717) is 11.1 Å². The van der Waals surface area contributed by atoms with E-state index in [1.54, 1.807) is 6.92 Å². The molecule has 0 aliphatic heterocycles. The van der Waals surface area contributed by atoms with Gasteiger partial charge in [0.05, 0.1) is 11.3 Å². The minimum absolute atomic E-state index is 0.00683. The fourth-order valence-corrected chi connectivity index (χ4v) is 1.86. The van der Waals surface area contributed by atoms with Crippen LogP contribution in [0.2, 0.25) is 0 Å². The van der Waals surface area contributed by atoms with Crippen molar-refractivity contribution in [3.8, 4) is 11.5 Å². The molecule has 108 valence electrons. The second kappa shape index (κ2) is 5.54. The number of phenolic OH excluding ortho intramolecular Hbond substituents is 2. The number of carbonyl (C=O) groups excluding carboxylic acids is 1. The molecule has 0 heterocycles. The molecule has 2 rings (SSSR count). The van der Waals surface area contributed by atoms with Gasteiger partial charge in [-0.15, -0.1) is 0 Å². The van der Waals surface area contributed by atoms with Gasteiger partial charge >= 0.3 is 5.97 Å². The van der Waals surface area contributed by atoms with Gasteiger partial charge in [0.1, 0.15) is 11.5 Å². The van der Waals surface area contributed by atoms with Crippen molar-refractivity contribution < 1.29 is 24.9 Å². The Morgan fingerprint density at radius 2 is 1.76 bits per heavy atom. The average molecular weight is 287 g/mol. The van der Waals surface area contributed by atoms with E-state index in [1.165, 1.54) is 36.4 Å². The maximum Gasteiger partial charge on any atom is 0.335 e. The highest BCUT2D eigenvalue weighted by Gasteiger charge is 2.13. The zero-order valence-corrected chi connectivity index (χ0v) is 11.1. The molecule has 0 saturated heterocycles. The molecule has 0 fully saturated rings. The van der Waals surface area contributed by atoms with Gasteiger partial charge < -0.3 is 20.6 Å². The Hall–Kier alpha value is -3.02. The van der Waals surface area contributed by atoms with E-state index >= 15 is 0 Å². The fourth-order valence-electron chi connectivity index (χ4n) is 1.86. The molecule has 0 spiro atoms. The van der Waals surface area contributed by atoms with Gasteiger partial charge in [-0.3, -0.25) is 4.79 Å². The van der Waals surface area contributed by atoms with E-state index in [0.717, 1.165) is 0 Å². The summed E-state index contributed by atoms with van der Waals surface area (Å²) in [5.41, 5.74) is 0.826. The topological polar surface area (TPSA) is 107 Å². The first-order valence-corrected chi connectivity index (χ1v) is 6.06. The van der Waals surface area contributed by atoms with Gasteiger partial charge in [-0.05, 0) is 48.9 Å². The monoisotopic (exact) mass is 287 g/mol. The first-order valence-electron chi connectivity index (χ1n) is 6.06. The van der Waals surface area contributed by atoms with E-state index in [-0.39, 0.29) is 22.7 Å². The third kappa shape index (κ3) is 3.11. The van der Waals surface area contributed by atoms with Crippen LogP contribution in [-0.2, 0) is 0 Å². The van der Waals surface area contributed by atoms with Crippen molar-refractivity contribution in [3.05, 3.63) is 53.1 Å². The lowest BCUT2D eigenvalue weighted by Gasteiger charge is -2.10. The number of phenols is 2. The number of aromatic hydroxyl groups is 2. The van der Waals surface area contributed by atoms with Crippen LogP contribution >= 0.6 is 0 Å². The molecule has 1 amide bonds. The highest BCUT2D eigenvalue weighted by molar-refractivity contribution is 6.06. The lowest BCUT2D eigenvalue weighted by molar-refractivity contribution is 0.0696. The summed E-state index contributed by atoms with van der Waals surface area (Å²) < 4.78 is 0. The lowest BCUT2D eigenvalue weighted by atomic mass is 10.1. The van der Waals surface area contributed by atoms with Crippen molar-refractivity contribution in [2.75, 3.05) is 5.32 Å². The molecule has 0 aromatic heterocycles. The van der Waals surface area contributed by atoms with Crippen molar-refractivity contribution in [1.29, 1.82) is 0 Å². The van der Waals surface area contributed by atoms with E-state index in [9.17, 15) is 19.8 Å². The van der Waals surface area contributed by atoms with Crippen LogP contribution in [0.5, 0.6) is 11.5 Å². The molecule has 4 N–H and O–H groups in total. The SMILES string of the molecule is Cc1cc(O)ccc1C(=O)Nc1cc(C(=O)O)ccc1O. The molecule has 0 atom stereocenters. The molecule has 0 bridgehead atoms. The Labute approximate surface area is 120 Å². The van der Waals surface area contributed by atoms with Gasteiger partial charge in [0, 0.05) is 5.56 Å². The number of carboxylic acid groups (broad SMARTS) is 1. The van der Waals surface area contributed by atoms with Gasteiger partial charge in [0.25, 0.3) is 5.91 Å². The van der Waals surface area contributed by atoms with Crippen molar-refractivity contribution in [2.24, 2.45) is 0 Å². The van der Waals surface area contributed by atoms with E-state index in [4.69, 9.17) is 5.11 Å². The number of nitrogens with one attached hydrogen (secondary N) is 1. The quantitative estimate of drug-likeness (QED) is 0.648. The maximum atomic E-state index is 12.1. The van der Waals surface area contributed by atoms with Crippen LogP contribution in [0.3, 0.4) is 0 Å². The van der Waals surface area contributed by atoms with Crippen molar-refractivity contribution >= 4 is 17.6 Å². The Balaban J connectivity index is 2.31. The van der Waals surface area contributed by atoms with Crippen LogP contribution in [-0.4, -0.2) is 27.2 Å². The Kier molecular flexibility index (Phi) is 3.80. The van der Waals surface area contributed by atoms with Crippen LogP contribution < -0.4 is 5.32 Å². The highest BCUT2D eigenvalue weighted by Crippen LogP contribution is 2.25. The van der Waals surface area contributed by atoms with Gasteiger partial charge in [-0.2, -0.15) is 0 Å². The minimum Gasteiger partial charge on any atom is -0.508 e. The Bertz CT molecular complexity index is 724. The normalized spacial score (nSPS) is 10.1. The lowest BCUT2D eigenvalue weighted by Crippen LogP contribution is -2.14. The first kappa shape index (κ1) is 14.4. The van der Waals surface area contributed by atoms with Gasteiger partial charge in [0.2, 0.25) is 0 Å². The average Bonchev–Trinajstić information content (AvgIpc) is 2.40. The Morgan fingerprint density at radius 1 is 1.05 bits per heavy atom. The van der Waals surface area contributed by atoms with Crippen LogP contribution in [0.1, 0.15) is 26.3 Å². The molecule has 0 aliphatic carbocycles. The smallest absolute Gasteiger partial charge is 0.335 e. The number of hydrogen-bond donors (Lipinski definition) is 4. The molecule has 6 nitrogen and oxygen atoms in total. The third-order valence-corrected chi connectivity index (χ3v) is 2.95. The predicted molar refractivity (Wildman–Crippen MR) is 75.9 cm³/mol. The molecule has 21 heavy (non-hydrogen) atoms. The molecule has 0 aliphatic rings. The first-order chi connectivity index (χ1) is 9.88. The fraction of sp³-hybridized carbons (Fsp3) is 0.0667. The minimum atomic E-state index is -1.16. The van der Waals surface area contributed by atoms with Gasteiger partial charge in [-0.1, -0.05) is 0 Å². The van der Waals surface area contributed by atoms with E-state index in [1.807, 2.05) is 0 Å². The summed E-state index contributed by atoms with van der Waals surface area (Å²) in [6.45, 7) is 1.65. The number of hydrogen-bond acceptors (Lipinski definition) is 4. The van der Waals surface area contributed by atoms with Crippen molar-refractivity contribution in [2.45, 2.75) is 6.92 Å². The molecule has 2 aromatic carbocycles. The predicted octanol–water partition coefficient (Wildman–Crippen LogP) is 2.36. The molecular formula is C15H13NO5. The number of amides is 1. The van der Waals surface area contributed by atoms with Crippen molar-refractivity contribution in [3.63, 3.8) is 0 Å². The molecule has 0 radical (unpaired) electrons. The standard InChI is InChI=1S/C15H13NO5/c1-8-6-10(17)3-4-11(8)14(19)16-12-7-9(15(20)21)2-5-13(12)18/h2-7,17-18H,1H3,(H,16,19)(H,20,21). The number of anilines is 1. The summed E-state index contributed by atoms with van der Waals surface area (Å²) in [6.07, 6.45) is 0. The number of carboxylic acids is 1. The molecule has 2 aromatic rings. The maximum absolute atomic E-state index is 12.1. The second-order valence-corrected chi connectivity index (χ2v) is 4.49. The Morgan fingerprint density at radius 3 is 2.38 bits per heavy atom. The molecular weight excluding hydrogens is 274 g/mol. The zero-order valence-electron chi connectivity index (χ0n) is 11.1. The summed E-state index contributed by atoms with van der Waals surface area (Å²) in [7, 11) is 0. The number of rotatable bonds is 3. The second-order valence-electron chi connectivity index (χ2n) is 4.49. The van der Waals surface area contributed by atoms with Gasteiger partial charge in [0.15, 0.2) is 0 Å². The van der Waals surface area contributed by atoms with Crippen LogP contribution in [0.25, 0.3) is 0 Å². The van der Waals surface area contributed by atoms with Crippen LogP contribution in [0.15, 0.2) is 36.4 Å². The molecule has 0 unspecified atom stereocenters. The number of benzene rings is 2. The highest BCUT2D eigenvalue weighted by atomic mass is 16.4. The van der Waals surface area contributed by atoms with Crippen LogP contribution in [0, 0.1) is 6.92 Å². The molecule has 0 saturated carbocycles. The number of carbonyl (C=O) groups is 2. The summed E-state index contributed by atoms with van der Waals surface area (Å²) in [5.74, 6) is -1.86. The molecule has 6 heteroatoms. The van der Waals surface area contributed by atoms with Gasteiger partial charge in [-0.25, -0.2) is 4.79 Å². The summed E-state index contributed by atoms with van der Waals surface area (Å²) in [6, 6.07) is 7.85. The van der Waals surface area contributed by atoms with Crippen molar-refractivity contribution in [1.82, 2.24) is 0 Å². The largest absolute Gasteiger partial charge is 0.508 e. The van der Waals surface area contributed by atoms with E-state index in [2.05, 4.69) is 5.32 Å². The summed E-state index contributed by atoms with van der Waals surface area (Å²) in [5, 5.41) is 30.3. The third-order valence-electron chi connectivity index (χ3n) is 2.95. The number of aromatic carboxylic acids is 1. The van der Waals surface area contributed by atoms with E-state index < -0.39 is 11.9 Å². The summed E-state index contributed by atoms with van der Waals surface area (Å²) in [4.78, 5) is 23.0. The van der Waals surface area contributed by atoms with Crippen LogP contribution in [0.4, 0.5) is 5.69 Å².